The van der Waals surface area contributed by atoms with E-state index >= 15 is 0 Å². The molecule has 1 aliphatic heterocycles. The maximum absolute atomic E-state index is 14.1. The van der Waals surface area contributed by atoms with Crippen LogP contribution >= 0.6 is 11.8 Å². The fraction of sp³-hybridized carbons (Fsp3) is 0.611. The third-order valence-electron chi connectivity index (χ3n) is 3.96. The van der Waals surface area contributed by atoms with Crippen LogP contribution in [0.1, 0.15) is 52.0 Å². The van der Waals surface area contributed by atoms with E-state index in [2.05, 4.69) is 0 Å². The lowest BCUT2D eigenvalue weighted by molar-refractivity contribution is 0.0204. The number of halogens is 2. The second-order valence-corrected chi connectivity index (χ2v) is 8.23. The fourth-order valence-electron chi connectivity index (χ4n) is 2.86. The van der Waals surface area contributed by atoms with Gasteiger partial charge in [-0.3, -0.25) is 0 Å². The second-order valence-electron chi connectivity index (χ2n) is 6.95. The summed E-state index contributed by atoms with van der Waals surface area (Å²) in [6.45, 7) is 8.57. The van der Waals surface area contributed by atoms with Crippen molar-refractivity contribution in [2.45, 2.75) is 57.0 Å². The van der Waals surface area contributed by atoms with Crippen LogP contribution in [0.5, 0.6) is 0 Å². The van der Waals surface area contributed by atoms with Gasteiger partial charge in [0, 0.05) is 18.0 Å². The second kappa shape index (κ2) is 7.72. The van der Waals surface area contributed by atoms with Gasteiger partial charge in [-0.15, -0.1) is 11.8 Å². The van der Waals surface area contributed by atoms with Crippen LogP contribution in [0.4, 0.5) is 13.6 Å². The van der Waals surface area contributed by atoms with E-state index in [1.807, 2.05) is 27.7 Å². The zero-order valence-corrected chi connectivity index (χ0v) is 15.5. The molecule has 0 radical (unpaired) electrons. The van der Waals surface area contributed by atoms with Crippen molar-refractivity contribution in [2.24, 2.45) is 0 Å². The van der Waals surface area contributed by atoms with E-state index in [9.17, 15) is 13.6 Å². The normalized spacial score (nSPS) is 16.3. The molecule has 1 heterocycles. The maximum Gasteiger partial charge on any atom is 0.410 e. The highest BCUT2D eigenvalue weighted by molar-refractivity contribution is 7.99. The third-order valence-corrected chi connectivity index (χ3v) is 4.95. The highest BCUT2D eigenvalue weighted by Gasteiger charge is 2.29. The Balaban J connectivity index is 2.07. The first kappa shape index (κ1) is 19.0. The number of amides is 1. The van der Waals surface area contributed by atoms with Crippen LogP contribution in [0.25, 0.3) is 0 Å². The molecule has 0 aliphatic carbocycles. The van der Waals surface area contributed by atoms with Crippen LogP contribution in [0.15, 0.2) is 17.0 Å². The van der Waals surface area contributed by atoms with E-state index in [-0.39, 0.29) is 12.0 Å². The van der Waals surface area contributed by atoms with Crippen molar-refractivity contribution in [1.29, 1.82) is 0 Å². The largest absolute Gasteiger partial charge is 0.444 e. The van der Waals surface area contributed by atoms with E-state index in [0.29, 0.717) is 23.7 Å². The molecule has 0 spiro atoms. The summed E-state index contributed by atoms with van der Waals surface area (Å²) in [6.07, 6.45) is 1.14. The molecule has 0 aromatic heterocycles. The molecule has 1 aromatic carbocycles. The Morgan fingerprint density at radius 3 is 2.46 bits per heavy atom. The summed E-state index contributed by atoms with van der Waals surface area (Å²) >= 11 is 1.33. The fourth-order valence-corrected chi connectivity index (χ4v) is 3.77. The Morgan fingerprint density at radius 2 is 1.92 bits per heavy atom. The van der Waals surface area contributed by atoms with Crippen molar-refractivity contribution in [2.75, 3.05) is 18.8 Å². The van der Waals surface area contributed by atoms with Crippen molar-refractivity contribution < 1.29 is 18.3 Å². The quantitative estimate of drug-likeness (QED) is 0.697. The van der Waals surface area contributed by atoms with Gasteiger partial charge < -0.3 is 9.64 Å². The van der Waals surface area contributed by atoms with E-state index in [1.165, 1.54) is 17.8 Å². The summed E-state index contributed by atoms with van der Waals surface area (Å²) < 4.78 is 33.0. The minimum atomic E-state index is -0.805. The van der Waals surface area contributed by atoms with Crippen molar-refractivity contribution in [3.05, 3.63) is 29.3 Å². The lowest BCUT2D eigenvalue weighted by Crippen LogP contribution is -2.41. The van der Waals surface area contributed by atoms with Gasteiger partial charge in [0.2, 0.25) is 0 Å². The number of carbonyl (C=O) groups excluding carboxylic acids is 1. The first-order valence-electron chi connectivity index (χ1n) is 8.31. The molecule has 1 fully saturated rings. The van der Waals surface area contributed by atoms with E-state index in [4.69, 9.17) is 4.74 Å². The monoisotopic (exact) mass is 357 g/mol. The number of nitrogens with zero attached hydrogens (tertiary/aromatic N) is 1. The topological polar surface area (TPSA) is 29.5 Å². The van der Waals surface area contributed by atoms with Crippen LogP contribution in [0.2, 0.25) is 0 Å². The van der Waals surface area contributed by atoms with Crippen molar-refractivity contribution >= 4 is 17.9 Å². The SMILES string of the molecule is CCSc1c(C2CCN(C(=O)OC(C)(C)C)CC2)ccc(F)c1F. The van der Waals surface area contributed by atoms with E-state index in [1.54, 1.807) is 11.0 Å². The lowest BCUT2D eigenvalue weighted by Gasteiger charge is -2.34. The van der Waals surface area contributed by atoms with Gasteiger partial charge in [-0.05, 0) is 56.9 Å². The van der Waals surface area contributed by atoms with E-state index in [0.717, 1.165) is 18.4 Å². The number of rotatable bonds is 3. The van der Waals surface area contributed by atoms with Crippen molar-refractivity contribution in [3.63, 3.8) is 0 Å². The summed E-state index contributed by atoms with van der Waals surface area (Å²) in [5.74, 6) is -0.743. The highest BCUT2D eigenvalue weighted by Crippen LogP contribution is 2.37. The molecule has 3 nitrogen and oxygen atoms in total. The molecule has 0 N–H and O–H groups in total. The number of hydrogen-bond acceptors (Lipinski definition) is 3. The molecule has 0 atom stereocenters. The minimum Gasteiger partial charge on any atom is -0.444 e. The van der Waals surface area contributed by atoms with Gasteiger partial charge in [-0.1, -0.05) is 13.0 Å². The first-order valence-corrected chi connectivity index (χ1v) is 9.30. The summed E-state index contributed by atoms with van der Waals surface area (Å²) in [5, 5.41) is 0. The zero-order valence-electron chi connectivity index (χ0n) is 14.7. The molecule has 1 amide bonds. The van der Waals surface area contributed by atoms with Gasteiger partial charge >= 0.3 is 6.09 Å². The average molecular weight is 357 g/mol. The number of carbonyl (C=O) groups is 1. The molecule has 1 saturated heterocycles. The number of benzene rings is 1. The number of likely N-dealkylation sites (tertiary alicyclic amines) is 1. The predicted octanol–water partition coefficient (Wildman–Crippen LogP) is 5.19. The molecular weight excluding hydrogens is 332 g/mol. The van der Waals surface area contributed by atoms with Crippen molar-refractivity contribution in [1.82, 2.24) is 4.90 Å². The Bertz CT molecular complexity index is 593. The van der Waals surface area contributed by atoms with Crippen LogP contribution in [-0.2, 0) is 4.74 Å². The summed E-state index contributed by atoms with van der Waals surface area (Å²) in [6, 6.07) is 2.88. The number of ether oxygens (including phenoxy) is 1. The van der Waals surface area contributed by atoms with Crippen LogP contribution in [0.3, 0.4) is 0 Å². The molecule has 0 saturated carbocycles. The molecule has 1 aliphatic rings. The smallest absolute Gasteiger partial charge is 0.410 e. The molecule has 0 bridgehead atoms. The summed E-state index contributed by atoms with van der Waals surface area (Å²) in [4.78, 5) is 14.2. The van der Waals surface area contributed by atoms with Gasteiger partial charge in [0.1, 0.15) is 5.60 Å². The molecule has 1 aromatic rings. The maximum atomic E-state index is 14.1. The molecule has 134 valence electrons. The van der Waals surface area contributed by atoms with Gasteiger partial charge in [0.05, 0.1) is 0 Å². The van der Waals surface area contributed by atoms with E-state index < -0.39 is 17.2 Å². The highest BCUT2D eigenvalue weighted by atomic mass is 32.2. The van der Waals surface area contributed by atoms with Gasteiger partial charge in [-0.25, -0.2) is 13.6 Å². The Hall–Kier alpha value is -1.30. The number of hydrogen-bond donors (Lipinski definition) is 0. The Labute approximate surface area is 146 Å². The lowest BCUT2D eigenvalue weighted by atomic mass is 9.89. The standard InChI is InChI=1S/C18H25F2NO2S/c1-5-24-16-13(6-7-14(19)15(16)20)12-8-10-21(11-9-12)17(22)23-18(2,3)4/h6-7,12H,5,8-11H2,1-4H3. The molecular formula is C18H25F2NO2S. The summed E-state index contributed by atoms with van der Waals surface area (Å²) in [5.41, 5.74) is 0.337. The number of thioether (sulfide) groups is 1. The zero-order chi connectivity index (χ0) is 17.9. The van der Waals surface area contributed by atoms with Crippen LogP contribution in [0, 0.1) is 11.6 Å². The Morgan fingerprint density at radius 1 is 1.29 bits per heavy atom. The molecule has 2 rings (SSSR count). The number of piperidine rings is 1. The van der Waals surface area contributed by atoms with Crippen molar-refractivity contribution in [3.8, 4) is 0 Å². The molecule has 6 heteroatoms. The predicted molar refractivity (Wildman–Crippen MR) is 92.5 cm³/mol. The Kier molecular flexibility index (Phi) is 6.12. The average Bonchev–Trinajstić information content (AvgIpc) is 2.51. The van der Waals surface area contributed by atoms with Gasteiger partial charge in [-0.2, -0.15) is 0 Å². The first-order chi connectivity index (χ1) is 11.2. The van der Waals surface area contributed by atoms with Gasteiger partial charge in [0.15, 0.2) is 11.6 Å². The summed E-state index contributed by atoms with van der Waals surface area (Å²) in [7, 11) is 0. The van der Waals surface area contributed by atoms with Gasteiger partial charge in [0.25, 0.3) is 0 Å². The third kappa shape index (κ3) is 4.62. The molecule has 0 unspecified atom stereocenters. The molecule has 24 heavy (non-hydrogen) atoms. The van der Waals surface area contributed by atoms with Crippen LogP contribution < -0.4 is 0 Å². The minimum absolute atomic E-state index is 0.132. The van der Waals surface area contributed by atoms with Crippen LogP contribution in [-0.4, -0.2) is 35.4 Å².